The zero-order valence-electron chi connectivity index (χ0n) is 11.6. The Morgan fingerprint density at radius 2 is 1.57 bits per heavy atom. The summed E-state index contributed by atoms with van der Waals surface area (Å²) in [6, 6.07) is 6.06. The molecule has 1 aliphatic carbocycles. The average Bonchev–Trinajstić information content (AvgIpc) is 2.63. The highest BCUT2D eigenvalue weighted by Crippen LogP contribution is 2.79. The lowest BCUT2D eigenvalue weighted by atomic mass is 9.99. The molecule has 1 aromatic carbocycles. The zero-order chi connectivity index (χ0) is 15.1. The predicted octanol–water partition coefficient (Wildman–Crippen LogP) is 6.58. The Bertz CT molecular complexity index is 556. The molecule has 0 nitrogen and oxygen atoms in total. The molecule has 2 aliphatic rings. The van der Waals surface area contributed by atoms with E-state index in [1.54, 1.807) is 12.1 Å². The Balaban J connectivity index is 2.07. The van der Waals surface area contributed by atoms with E-state index in [1.165, 1.54) is 18.2 Å². The molecular weight excluding hydrogens is 300 g/mol. The number of fused-ring (bicyclic) bond motifs is 1. The van der Waals surface area contributed by atoms with Gasteiger partial charge in [-0.3, -0.25) is 0 Å². The first-order valence-electron chi connectivity index (χ1n) is 7.34. The lowest BCUT2D eigenvalue weighted by Gasteiger charge is -2.35. The van der Waals surface area contributed by atoms with Gasteiger partial charge in [0.25, 0.3) is 0 Å². The molecular formula is C16H18F4S. The Kier molecular flexibility index (Phi) is 3.80. The quantitative estimate of drug-likeness (QED) is 0.405. The minimum atomic E-state index is -4.82. The van der Waals surface area contributed by atoms with Crippen LogP contribution in [0.5, 0.6) is 0 Å². The molecule has 0 aromatic heterocycles. The fourth-order valence-electron chi connectivity index (χ4n) is 3.39. The first-order chi connectivity index (χ1) is 9.94. The maximum absolute atomic E-state index is 15.3. The van der Waals surface area contributed by atoms with Crippen LogP contribution in [0.3, 0.4) is 0 Å². The van der Waals surface area contributed by atoms with Crippen molar-refractivity contribution in [2.24, 2.45) is 5.92 Å². The van der Waals surface area contributed by atoms with Gasteiger partial charge in [-0.25, -0.2) is 0 Å². The van der Waals surface area contributed by atoms with Crippen molar-refractivity contribution < 1.29 is 17.1 Å². The molecule has 0 N–H and O–H groups in total. The molecule has 1 fully saturated rings. The van der Waals surface area contributed by atoms with Crippen LogP contribution in [-0.2, 0) is 0 Å². The second kappa shape index (κ2) is 5.34. The third kappa shape index (κ3) is 2.39. The van der Waals surface area contributed by atoms with E-state index in [0.29, 0.717) is 18.4 Å². The molecule has 0 amide bonds. The van der Waals surface area contributed by atoms with Crippen LogP contribution in [0.2, 0.25) is 0 Å². The van der Waals surface area contributed by atoms with Gasteiger partial charge in [-0.2, -0.15) is 17.1 Å². The molecule has 0 radical (unpaired) electrons. The number of alkyl halides is 3. The van der Waals surface area contributed by atoms with Gasteiger partial charge in [0.05, 0.1) is 10.4 Å². The summed E-state index contributed by atoms with van der Waals surface area (Å²) in [6.07, 6.45) is 6.70. The molecule has 1 atom stereocenters. The topological polar surface area (TPSA) is 0 Å². The van der Waals surface area contributed by atoms with Crippen LogP contribution in [0.25, 0.3) is 6.08 Å². The molecule has 21 heavy (non-hydrogen) atoms. The molecule has 1 saturated carbocycles. The third-order valence-corrected chi connectivity index (χ3v) is 7.14. The second-order valence-corrected chi connectivity index (χ2v) is 8.21. The maximum atomic E-state index is 15.3. The van der Waals surface area contributed by atoms with Gasteiger partial charge in [0.15, 0.2) is 0 Å². The minimum absolute atomic E-state index is 0.0121. The number of hydrogen-bond acceptors (Lipinski definition) is 0. The van der Waals surface area contributed by atoms with Crippen molar-refractivity contribution in [3.8, 4) is 0 Å². The van der Waals surface area contributed by atoms with Crippen LogP contribution in [0, 0.1) is 5.92 Å². The van der Waals surface area contributed by atoms with E-state index in [9.17, 15) is 13.2 Å². The summed E-state index contributed by atoms with van der Waals surface area (Å²) in [4.78, 5) is -0.144. The van der Waals surface area contributed by atoms with Crippen molar-refractivity contribution in [3.63, 3.8) is 0 Å². The Labute approximate surface area is 123 Å². The van der Waals surface area contributed by atoms with E-state index in [1.807, 2.05) is 0 Å². The highest BCUT2D eigenvalue weighted by molar-refractivity contribution is 8.33. The smallest absolute Gasteiger partial charge is 0.172 e. The van der Waals surface area contributed by atoms with Crippen LogP contribution < -0.4 is 0 Å². The summed E-state index contributed by atoms with van der Waals surface area (Å²) >= 11 is 0. The Morgan fingerprint density at radius 1 is 0.952 bits per heavy atom. The van der Waals surface area contributed by atoms with Crippen molar-refractivity contribution in [1.82, 2.24) is 0 Å². The molecule has 5 heteroatoms. The van der Waals surface area contributed by atoms with Gasteiger partial charge in [-0.1, -0.05) is 43.9 Å². The van der Waals surface area contributed by atoms with E-state index >= 15 is 3.89 Å². The summed E-state index contributed by atoms with van der Waals surface area (Å²) in [7, 11) is -4.37. The van der Waals surface area contributed by atoms with Crippen LogP contribution >= 0.6 is 10.4 Å². The predicted molar refractivity (Wildman–Crippen MR) is 78.6 cm³/mol. The van der Waals surface area contributed by atoms with Crippen LogP contribution in [0.1, 0.15) is 44.1 Å². The number of rotatable bonds is 1. The van der Waals surface area contributed by atoms with E-state index in [-0.39, 0.29) is 15.7 Å². The summed E-state index contributed by atoms with van der Waals surface area (Å²) in [5.41, 5.74) is -4.41. The molecule has 0 bridgehead atoms. The van der Waals surface area contributed by atoms with Gasteiger partial charge < -0.3 is 0 Å². The standard InChI is InChI=1S/C16H18F4S/c17-16(18,19)21(20)14-10-6-5-9-13(14)11-15(21)12-7-3-1-2-4-8-12/h5-6,9-12H,1-4,7-8H2. The van der Waals surface area contributed by atoms with E-state index in [0.717, 1.165) is 25.7 Å². The van der Waals surface area contributed by atoms with E-state index in [4.69, 9.17) is 0 Å². The first-order valence-corrected chi connectivity index (χ1v) is 8.88. The Morgan fingerprint density at radius 3 is 2.19 bits per heavy atom. The molecule has 0 saturated heterocycles. The van der Waals surface area contributed by atoms with Crippen LogP contribution in [0.4, 0.5) is 17.1 Å². The van der Waals surface area contributed by atoms with Gasteiger partial charge in [0.2, 0.25) is 0 Å². The van der Waals surface area contributed by atoms with E-state index in [2.05, 4.69) is 0 Å². The normalized spacial score (nSPS) is 30.2. The molecule has 1 aliphatic heterocycles. The monoisotopic (exact) mass is 318 g/mol. The van der Waals surface area contributed by atoms with Gasteiger partial charge >= 0.3 is 5.51 Å². The largest absolute Gasteiger partial charge is 0.459 e. The summed E-state index contributed by atoms with van der Waals surface area (Å²) in [5, 5.41) is 0. The first kappa shape index (κ1) is 14.9. The van der Waals surface area contributed by atoms with Crippen molar-refractivity contribution in [2.75, 3.05) is 0 Å². The lowest BCUT2D eigenvalue weighted by Crippen LogP contribution is -2.20. The zero-order valence-corrected chi connectivity index (χ0v) is 12.4. The van der Waals surface area contributed by atoms with E-state index < -0.39 is 15.9 Å². The molecule has 3 rings (SSSR count). The fourth-order valence-corrected chi connectivity index (χ4v) is 5.86. The second-order valence-electron chi connectivity index (χ2n) is 5.76. The van der Waals surface area contributed by atoms with Crippen LogP contribution in [0.15, 0.2) is 34.1 Å². The maximum Gasteiger partial charge on any atom is 0.459 e. The summed E-state index contributed by atoms with van der Waals surface area (Å²) < 4.78 is 55.9. The Hall–Kier alpha value is -0.970. The molecule has 0 spiro atoms. The number of benzene rings is 1. The molecule has 1 unspecified atom stereocenters. The van der Waals surface area contributed by atoms with Crippen molar-refractivity contribution >= 4 is 16.5 Å². The van der Waals surface area contributed by atoms with Gasteiger partial charge in [-0.05, 0) is 36.5 Å². The molecule has 1 heterocycles. The van der Waals surface area contributed by atoms with Crippen molar-refractivity contribution in [2.45, 2.75) is 48.9 Å². The lowest BCUT2D eigenvalue weighted by molar-refractivity contribution is -0.0415. The van der Waals surface area contributed by atoms with Gasteiger partial charge in [-0.15, -0.1) is 0 Å². The van der Waals surface area contributed by atoms with Gasteiger partial charge in [0, 0.05) is 9.80 Å². The van der Waals surface area contributed by atoms with Crippen molar-refractivity contribution in [1.29, 1.82) is 0 Å². The number of hydrogen-bond donors (Lipinski definition) is 0. The highest BCUT2D eigenvalue weighted by atomic mass is 32.3. The summed E-state index contributed by atoms with van der Waals surface area (Å²) in [5.74, 6) is -0.262. The number of allylic oxidation sites excluding steroid dienone is 1. The third-order valence-electron chi connectivity index (χ3n) is 4.42. The summed E-state index contributed by atoms with van der Waals surface area (Å²) in [6.45, 7) is 0. The van der Waals surface area contributed by atoms with Crippen LogP contribution in [-0.4, -0.2) is 5.51 Å². The van der Waals surface area contributed by atoms with Gasteiger partial charge in [0.1, 0.15) is 0 Å². The average molecular weight is 318 g/mol. The fraction of sp³-hybridized carbons (Fsp3) is 0.500. The minimum Gasteiger partial charge on any atom is -0.172 e. The highest BCUT2D eigenvalue weighted by Gasteiger charge is 2.59. The number of halogens is 4. The molecule has 1 aromatic rings. The van der Waals surface area contributed by atoms with Crippen molar-refractivity contribution in [3.05, 3.63) is 34.7 Å². The SMILES string of the molecule is FC(F)(F)S1(F)C(C2CCCCCC2)=Cc2ccccc21. The molecule has 116 valence electrons.